The third-order valence-corrected chi connectivity index (χ3v) is 4.45. The molecule has 4 nitrogen and oxygen atoms in total. The molecule has 0 fully saturated rings. The molecule has 1 aromatic rings. The van der Waals surface area contributed by atoms with Crippen molar-refractivity contribution in [3.05, 3.63) is 46.5 Å². The molecule has 1 aromatic carbocycles. The summed E-state index contributed by atoms with van der Waals surface area (Å²) in [5.41, 5.74) is -1.11. The zero-order chi connectivity index (χ0) is 17.8. The van der Waals surface area contributed by atoms with Crippen LogP contribution < -0.4 is 0 Å². The van der Waals surface area contributed by atoms with Crippen molar-refractivity contribution in [1.29, 1.82) is 0 Å². The van der Waals surface area contributed by atoms with E-state index in [1.54, 1.807) is 45.0 Å². The predicted octanol–water partition coefficient (Wildman–Crippen LogP) is 4.78. The summed E-state index contributed by atoms with van der Waals surface area (Å²) in [6.07, 6.45) is 1.55. The number of nitrogens with zero attached hydrogens (tertiary/aromatic N) is 1. The lowest BCUT2D eigenvalue weighted by Gasteiger charge is -2.40. The Morgan fingerprint density at radius 1 is 1.30 bits per heavy atom. The van der Waals surface area contributed by atoms with E-state index in [1.807, 2.05) is 0 Å². The fourth-order valence-electron chi connectivity index (χ4n) is 2.36. The first-order valence-electron chi connectivity index (χ1n) is 7.11. The van der Waals surface area contributed by atoms with Crippen LogP contribution in [0.1, 0.15) is 32.8 Å². The van der Waals surface area contributed by atoms with Crippen LogP contribution in [-0.4, -0.2) is 34.5 Å². The summed E-state index contributed by atoms with van der Waals surface area (Å²) < 4.78 is 0. The third kappa shape index (κ3) is 4.49. The molecule has 6 heteroatoms. The number of benzene rings is 1. The number of carbonyl (C=O) groups is 2. The van der Waals surface area contributed by atoms with Crippen molar-refractivity contribution in [2.24, 2.45) is 0 Å². The van der Waals surface area contributed by atoms with Crippen molar-refractivity contribution in [3.63, 3.8) is 0 Å². The van der Waals surface area contributed by atoms with Crippen LogP contribution in [0.15, 0.2) is 30.9 Å². The van der Waals surface area contributed by atoms with E-state index in [0.29, 0.717) is 15.6 Å². The number of amides is 1. The Hall–Kier alpha value is -1.52. The molecule has 126 valence electrons. The van der Waals surface area contributed by atoms with E-state index in [2.05, 4.69) is 6.58 Å². The second kappa shape index (κ2) is 7.37. The Kier molecular flexibility index (Phi) is 6.25. The Labute approximate surface area is 146 Å². The van der Waals surface area contributed by atoms with Gasteiger partial charge in [-0.1, -0.05) is 35.3 Å². The molecule has 1 amide bonds. The molecule has 0 radical (unpaired) electrons. The van der Waals surface area contributed by atoms with Crippen molar-refractivity contribution in [2.75, 3.05) is 6.54 Å². The standard InChI is InChI=1S/C17H21Cl2NO3/c1-5-8-17(11-21,10-20(15(22)23)16(2,3)4)12-6-7-13(18)14(19)9-12/h5-7,9,11H,1,8,10H2,2-4H3,(H,22,23)/t17-/m0/s1. The molecule has 0 aromatic heterocycles. The zero-order valence-electron chi connectivity index (χ0n) is 13.5. The van der Waals surface area contributed by atoms with Crippen LogP contribution in [0.4, 0.5) is 4.79 Å². The number of rotatable bonds is 6. The van der Waals surface area contributed by atoms with Gasteiger partial charge in [0.15, 0.2) is 0 Å². The van der Waals surface area contributed by atoms with E-state index in [1.165, 1.54) is 4.90 Å². The molecule has 0 aliphatic carbocycles. The van der Waals surface area contributed by atoms with E-state index in [0.717, 1.165) is 6.29 Å². The SMILES string of the molecule is C=CC[C@@](C=O)(CN(C(=O)O)C(C)(C)C)c1ccc(Cl)c(Cl)c1. The molecule has 0 unspecified atom stereocenters. The van der Waals surface area contributed by atoms with Crippen LogP contribution in [0.2, 0.25) is 10.0 Å². The van der Waals surface area contributed by atoms with Crippen LogP contribution in [0.25, 0.3) is 0 Å². The van der Waals surface area contributed by atoms with Gasteiger partial charge in [0.25, 0.3) is 0 Å². The van der Waals surface area contributed by atoms with E-state index in [4.69, 9.17) is 23.2 Å². The average Bonchev–Trinajstić information content (AvgIpc) is 2.44. The maximum Gasteiger partial charge on any atom is 0.407 e. The maximum absolute atomic E-state index is 12.0. The van der Waals surface area contributed by atoms with Gasteiger partial charge in [0, 0.05) is 12.1 Å². The lowest BCUT2D eigenvalue weighted by Crippen LogP contribution is -2.52. The largest absolute Gasteiger partial charge is 0.465 e. The average molecular weight is 358 g/mol. The second-order valence-corrected chi connectivity index (χ2v) is 7.25. The summed E-state index contributed by atoms with van der Waals surface area (Å²) in [6, 6.07) is 4.89. The fraction of sp³-hybridized carbons (Fsp3) is 0.412. The lowest BCUT2D eigenvalue weighted by molar-refractivity contribution is -0.113. The summed E-state index contributed by atoms with van der Waals surface area (Å²) in [5.74, 6) is 0. The molecule has 1 N–H and O–H groups in total. The highest BCUT2D eigenvalue weighted by Crippen LogP contribution is 2.34. The summed E-state index contributed by atoms with van der Waals surface area (Å²) in [5, 5.41) is 10.2. The molecule has 1 rings (SSSR count). The van der Waals surface area contributed by atoms with Crippen molar-refractivity contribution in [1.82, 2.24) is 4.90 Å². The number of aldehydes is 1. The minimum absolute atomic E-state index is 0.000680. The molecule has 23 heavy (non-hydrogen) atoms. The summed E-state index contributed by atoms with van der Waals surface area (Å²) in [6.45, 7) is 9.02. The van der Waals surface area contributed by atoms with E-state index in [-0.39, 0.29) is 13.0 Å². The molecule has 0 aliphatic rings. The summed E-state index contributed by atoms with van der Waals surface area (Å²) in [7, 11) is 0. The molecule has 0 spiro atoms. The number of allylic oxidation sites excluding steroid dienone is 1. The molecular formula is C17H21Cl2NO3. The lowest BCUT2D eigenvalue weighted by atomic mass is 9.77. The summed E-state index contributed by atoms with van der Waals surface area (Å²) >= 11 is 12.0. The quantitative estimate of drug-likeness (QED) is 0.588. The topological polar surface area (TPSA) is 57.6 Å². The first-order chi connectivity index (χ1) is 10.6. The van der Waals surface area contributed by atoms with Gasteiger partial charge in [0.2, 0.25) is 0 Å². The molecule has 0 aliphatic heterocycles. The Bertz CT molecular complexity index is 610. The zero-order valence-corrected chi connectivity index (χ0v) is 15.0. The minimum Gasteiger partial charge on any atom is -0.465 e. The van der Waals surface area contributed by atoms with Gasteiger partial charge in [-0.3, -0.25) is 0 Å². The van der Waals surface area contributed by atoms with Gasteiger partial charge in [-0.15, -0.1) is 6.58 Å². The monoisotopic (exact) mass is 357 g/mol. The highest BCUT2D eigenvalue weighted by molar-refractivity contribution is 6.42. The van der Waals surface area contributed by atoms with Crippen LogP contribution in [-0.2, 0) is 10.2 Å². The van der Waals surface area contributed by atoms with Crippen molar-refractivity contribution >= 4 is 35.6 Å². The normalized spacial score (nSPS) is 14.0. The number of carbonyl (C=O) groups excluding carboxylic acids is 1. The Morgan fingerprint density at radius 2 is 1.91 bits per heavy atom. The number of halogens is 2. The molecule has 0 heterocycles. The van der Waals surface area contributed by atoms with E-state index < -0.39 is 17.0 Å². The van der Waals surface area contributed by atoms with Gasteiger partial charge in [0.1, 0.15) is 6.29 Å². The van der Waals surface area contributed by atoms with Gasteiger partial charge in [-0.25, -0.2) is 4.79 Å². The van der Waals surface area contributed by atoms with Crippen LogP contribution in [0.3, 0.4) is 0 Å². The Morgan fingerprint density at radius 3 is 2.30 bits per heavy atom. The number of hydrogen-bond donors (Lipinski definition) is 1. The fourth-order valence-corrected chi connectivity index (χ4v) is 2.66. The van der Waals surface area contributed by atoms with Crippen molar-refractivity contribution in [2.45, 2.75) is 38.1 Å². The minimum atomic E-state index is -1.09. The van der Waals surface area contributed by atoms with Crippen LogP contribution >= 0.6 is 23.2 Å². The molecule has 0 saturated carbocycles. The second-order valence-electron chi connectivity index (χ2n) is 6.44. The Balaban J connectivity index is 3.41. The van der Waals surface area contributed by atoms with Gasteiger partial charge in [-0.05, 0) is 44.9 Å². The van der Waals surface area contributed by atoms with Crippen molar-refractivity contribution in [3.8, 4) is 0 Å². The van der Waals surface area contributed by atoms with Crippen molar-refractivity contribution < 1.29 is 14.7 Å². The van der Waals surface area contributed by atoms with Crippen LogP contribution in [0, 0.1) is 0 Å². The molecule has 1 atom stereocenters. The molecular weight excluding hydrogens is 337 g/mol. The van der Waals surface area contributed by atoms with Gasteiger partial charge < -0.3 is 14.8 Å². The predicted molar refractivity (Wildman–Crippen MR) is 93.5 cm³/mol. The van der Waals surface area contributed by atoms with E-state index in [9.17, 15) is 14.7 Å². The highest BCUT2D eigenvalue weighted by Gasteiger charge is 2.38. The van der Waals surface area contributed by atoms with Crippen LogP contribution in [0.5, 0.6) is 0 Å². The third-order valence-electron chi connectivity index (χ3n) is 3.71. The number of carboxylic acid groups (broad SMARTS) is 1. The first-order valence-corrected chi connectivity index (χ1v) is 7.86. The molecule has 0 saturated heterocycles. The maximum atomic E-state index is 12.0. The highest BCUT2D eigenvalue weighted by atomic mass is 35.5. The first kappa shape index (κ1) is 19.5. The van der Waals surface area contributed by atoms with Gasteiger partial charge >= 0.3 is 6.09 Å². The summed E-state index contributed by atoms with van der Waals surface area (Å²) in [4.78, 5) is 24.8. The van der Waals surface area contributed by atoms with E-state index >= 15 is 0 Å². The smallest absolute Gasteiger partial charge is 0.407 e. The number of hydrogen-bond acceptors (Lipinski definition) is 2. The van der Waals surface area contributed by atoms with Gasteiger partial charge in [-0.2, -0.15) is 0 Å². The molecule has 0 bridgehead atoms. The van der Waals surface area contributed by atoms with Gasteiger partial charge in [0.05, 0.1) is 15.5 Å².